The summed E-state index contributed by atoms with van der Waals surface area (Å²) in [6, 6.07) is 23.3. The first kappa shape index (κ1) is 50.2. The zero-order valence-electron chi connectivity index (χ0n) is 41.6. The normalized spacial score (nSPS) is 17.6. The molecule has 3 aliphatic rings. The third-order valence-corrected chi connectivity index (χ3v) is 17.8. The van der Waals surface area contributed by atoms with Crippen LogP contribution in [0.4, 0.5) is 21.0 Å². The average molecular weight is 960 g/mol. The summed E-state index contributed by atoms with van der Waals surface area (Å²) in [5.74, 6) is -2.10. The van der Waals surface area contributed by atoms with Crippen molar-refractivity contribution in [3.63, 3.8) is 0 Å². The Morgan fingerprint density at radius 2 is 1.43 bits per heavy atom. The number of amides is 5. The van der Waals surface area contributed by atoms with Crippen LogP contribution in [0.2, 0.25) is 18.1 Å². The summed E-state index contributed by atoms with van der Waals surface area (Å²) in [7, 11) is -1.29. The van der Waals surface area contributed by atoms with Gasteiger partial charge in [-0.15, -0.1) is 0 Å². The molecule has 7 rings (SSSR count). The van der Waals surface area contributed by atoms with Crippen molar-refractivity contribution in [1.82, 2.24) is 15.5 Å². The molecule has 0 unspecified atom stereocenters. The molecule has 4 aromatic rings. The Morgan fingerprint density at radius 3 is 2.00 bits per heavy atom. The number of phenolic OH excluding ortho intramolecular Hbond substituents is 1. The van der Waals surface area contributed by atoms with Gasteiger partial charge in [-0.1, -0.05) is 95.3 Å². The molecule has 366 valence electrons. The van der Waals surface area contributed by atoms with Gasteiger partial charge in [0, 0.05) is 23.9 Å². The van der Waals surface area contributed by atoms with E-state index in [9.17, 15) is 29.1 Å². The lowest BCUT2D eigenvalue weighted by Crippen LogP contribution is -2.58. The Balaban J connectivity index is 1.04. The fraction of sp³-hybridized carbons (Fsp3) is 0.415. The van der Waals surface area contributed by atoms with Crippen molar-refractivity contribution in [3.8, 4) is 22.6 Å². The van der Waals surface area contributed by atoms with Crippen molar-refractivity contribution in [1.29, 1.82) is 0 Å². The molecule has 0 saturated heterocycles. The van der Waals surface area contributed by atoms with Gasteiger partial charge in [-0.05, 0) is 110 Å². The van der Waals surface area contributed by atoms with Gasteiger partial charge in [0.25, 0.3) is 5.91 Å². The molecule has 16 heteroatoms. The highest BCUT2D eigenvalue weighted by Crippen LogP contribution is 2.47. The minimum Gasteiger partial charge on any atom is -0.504 e. The minimum atomic E-state index is -2.68. The van der Waals surface area contributed by atoms with Gasteiger partial charge in [0.2, 0.25) is 11.8 Å². The van der Waals surface area contributed by atoms with Crippen LogP contribution in [0, 0.1) is 5.92 Å². The van der Waals surface area contributed by atoms with Gasteiger partial charge in [-0.25, -0.2) is 14.5 Å². The predicted molar refractivity (Wildman–Crippen MR) is 268 cm³/mol. The van der Waals surface area contributed by atoms with Gasteiger partial charge in [-0.2, -0.15) is 0 Å². The van der Waals surface area contributed by atoms with Gasteiger partial charge in [0.15, 0.2) is 26.0 Å². The predicted octanol–water partition coefficient (Wildman–Crippen LogP) is 9.77. The third kappa shape index (κ3) is 10.5. The molecule has 4 atom stereocenters. The van der Waals surface area contributed by atoms with E-state index in [4.69, 9.17) is 18.6 Å². The quantitative estimate of drug-likeness (QED) is 0.0997. The smallest absolute Gasteiger partial charge is 0.417 e. The number of carbonyl (C=O) groups is 5. The first-order chi connectivity index (χ1) is 32.4. The number of alkyl carbamates (subject to hydrolysis) is 1. The number of phenols is 1. The highest BCUT2D eigenvalue weighted by Gasteiger charge is 2.51. The Morgan fingerprint density at radius 1 is 0.826 bits per heavy atom. The maximum Gasteiger partial charge on any atom is 0.417 e. The van der Waals surface area contributed by atoms with E-state index < -0.39 is 68.2 Å². The lowest BCUT2D eigenvalue weighted by molar-refractivity contribution is -0.128. The molecule has 4 aromatic carbocycles. The van der Waals surface area contributed by atoms with E-state index in [0.29, 0.717) is 5.69 Å². The first-order valence-electron chi connectivity index (χ1n) is 23.4. The van der Waals surface area contributed by atoms with E-state index in [1.165, 1.54) is 24.1 Å². The van der Waals surface area contributed by atoms with Crippen LogP contribution in [0.1, 0.15) is 102 Å². The molecule has 15 nitrogen and oxygen atoms in total. The summed E-state index contributed by atoms with van der Waals surface area (Å²) in [5.41, 5.74) is 5.70. The molecule has 0 radical (unpaired) electrons. The largest absolute Gasteiger partial charge is 0.504 e. The summed E-state index contributed by atoms with van der Waals surface area (Å²) in [5, 5.41) is 19.0. The summed E-state index contributed by atoms with van der Waals surface area (Å²) in [6.07, 6.45) is -0.453. The number of anilines is 2. The average Bonchev–Trinajstić information content (AvgIpc) is 3.84. The summed E-state index contributed by atoms with van der Waals surface area (Å²) >= 11 is 0. The molecule has 2 heterocycles. The van der Waals surface area contributed by atoms with Gasteiger partial charge in [0.1, 0.15) is 24.3 Å². The lowest BCUT2D eigenvalue weighted by atomic mass is 9.98. The molecule has 0 saturated carbocycles. The van der Waals surface area contributed by atoms with E-state index in [-0.39, 0.29) is 52.7 Å². The Bertz CT molecular complexity index is 2620. The van der Waals surface area contributed by atoms with E-state index >= 15 is 0 Å². The Hall–Kier alpha value is -6.65. The number of benzene rings is 4. The first-order valence-corrected chi connectivity index (χ1v) is 26.3. The lowest BCUT2D eigenvalue weighted by Gasteiger charge is -2.44. The summed E-state index contributed by atoms with van der Waals surface area (Å²) < 4.78 is 24.2. The van der Waals surface area contributed by atoms with Crippen LogP contribution in [-0.4, -0.2) is 91.9 Å². The van der Waals surface area contributed by atoms with Crippen LogP contribution < -0.4 is 25.6 Å². The highest BCUT2D eigenvalue weighted by molar-refractivity contribution is 6.74. The maximum absolute atomic E-state index is 14.7. The number of nitrogens with one attached hydrogen (secondary N) is 3. The Labute approximate surface area is 405 Å². The molecule has 0 bridgehead atoms. The molecule has 4 N–H and O–H groups in total. The minimum absolute atomic E-state index is 0.0615. The van der Waals surface area contributed by atoms with Crippen molar-refractivity contribution in [2.75, 3.05) is 23.9 Å². The van der Waals surface area contributed by atoms with E-state index in [0.717, 1.165) is 33.4 Å². The Kier molecular flexibility index (Phi) is 14.1. The standard InChI is InChI=1S/C53H65N5O10Si/c1-30(2)45(56-50(63)66-29-40-37-19-15-13-17-35(37)36-18-14-16-20-38(36)40)47(61)54-31(3)46(60)55-34-23-21-32(22-24-34)33-25-42-49(68-69(11,12)53(7,8)9)58(51(64)67-52(4,5)6)41-27-43(59)44(65-10)26-39(41)48(62)57(42)28-33/h13-24,26-28,30-31,40,42,45,49,59H,25,29H2,1-12H3,(H,54,61)(H,55,60)(H,56,63)/t31-,42-,45-,49-/m0/s1. The molecule has 5 amide bonds. The molecule has 0 fully saturated rings. The highest BCUT2D eigenvalue weighted by atomic mass is 28.4. The van der Waals surface area contributed by atoms with Crippen LogP contribution in [0.25, 0.3) is 16.7 Å². The number of carbonyl (C=O) groups excluding carboxylic acids is 5. The zero-order chi connectivity index (χ0) is 50.3. The monoisotopic (exact) mass is 959 g/mol. The third-order valence-electron chi connectivity index (χ3n) is 13.3. The maximum atomic E-state index is 14.7. The molecular weight excluding hydrogens is 895 g/mol. The van der Waals surface area contributed by atoms with Crippen LogP contribution in [-0.2, 0) is 23.5 Å². The van der Waals surface area contributed by atoms with Gasteiger partial charge >= 0.3 is 12.2 Å². The molecule has 1 aliphatic carbocycles. The summed E-state index contributed by atoms with van der Waals surface area (Å²) in [4.78, 5) is 72.1. The molecule has 2 aliphatic heterocycles. The summed E-state index contributed by atoms with van der Waals surface area (Å²) in [6.45, 7) is 20.9. The second kappa shape index (κ2) is 19.4. The van der Waals surface area contributed by atoms with E-state index in [2.05, 4.69) is 61.9 Å². The number of rotatable bonds is 12. The van der Waals surface area contributed by atoms with Crippen LogP contribution in [0.15, 0.2) is 91.1 Å². The topological polar surface area (TPSA) is 185 Å². The van der Waals surface area contributed by atoms with E-state index in [1.807, 2.05) is 48.5 Å². The second-order valence-electron chi connectivity index (χ2n) is 20.8. The zero-order valence-corrected chi connectivity index (χ0v) is 42.6. The van der Waals surface area contributed by atoms with Crippen LogP contribution in [0.3, 0.4) is 0 Å². The number of hydrogen-bond donors (Lipinski definition) is 4. The number of ether oxygens (including phenoxy) is 3. The van der Waals surface area contributed by atoms with Crippen molar-refractivity contribution in [2.24, 2.45) is 5.92 Å². The van der Waals surface area contributed by atoms with Gasteiger partial charge in [-0.3, -0.25) is 14.4 Å². The molecular formula is C53H65N5O10Si. The van der Waals surface area contributed by atoms with Gasteiger partial charge in [0.05, 0.1) is 24.4 Å². The fourth-order valence-corrected chi connectivity index (χ4v) is 9.85. The number of methoxy groups -OCH3 is 1. The van der Waals surface area contributed by atoms with E-state index in [1.54, 1.807) is 64.8 Å². The van der Waals surface area contributed by atoms with Gasteiger partial charge < -0.3 is 44.6 Å². The van der Waals surface area contributed by atoms with Crippen molar-refractivity contribution in [3.05, 3.63) is 113 Å². The molecule has 69 heavy (non-hydrogen) atoms. The number of hydrogen-bond acceptors (Lipinski definition) is 10. The second-order valence-corrected chi connectivity index (χ2v) is 25.5. The number of aromatic hydroxyl groups is 1. The SMILES string of the molecule is COc1cc2c(cc1O)N(C(=O)OC(C)(C)C)[C@@H](O[Si](C)(C)C(C)(C)C)[C@@H]1CC(c3ccc(NC(=O)[C@H](C)NC(=O)[C@@H](NC(=O)OCC4c5ccccc5-c5ccccc54)C(C)C)cc3)=CN1C2=O. The van der Waals surface area contributed by atoms with Crippen molar-refractivity contribution < 1.29 is 47.7 Å². The molecule has 0 spiro atoms. The van der Waals surface area contributed by atoms with Crippen molar-refractivity contribution >= 4 is 55.2 Å². The molecule has 0 aromatic heterocycles. The van der Waals surface area contributed by atoms with Crippen molar-refractivity contribution in [2.45, 2.75) is 123 Å². The van der Waals surface area contributed by atoms with Crippen LogP contribution >= 0.6 is 0 Å². The number of fused-ring (bicyclic) bond motifs is 5. The van der Waals surface area contributed by atoms with Crippen LogP contribution in [0.5, 0.6) is 11.5 Å². The fourth-order valence-electron chi connectivity index (χ4n) is 8.63. The number of nitrogens with zero attached hydrogens (tertiary/aromatic N) is 2.